The van der Waals surface area contributed by atoms with E-state index in [1.54, 1.807) is 24.4 Å². The van der Waals surface area contributed by atoms with Gasteiger partial charge in [-0.3, -0.25) is 0 Å². The molecule has 0 spiro atoms. The largest absolute Gasteiger partial charge is 0.315 e. The molecule has 1 aromatic carbocycles. The number of hydrogen-bond acceptors (Lipinski definition) is 5. The average Bonchev–Trinajstić information content (AvgIpc) is 3.02. The predicted octanol–water partition coefficient (Wildman–Crippen LogP) is 6.25. The Morgan fingerprint density at radius 3 is 2.68 bits per heavy atom. The number of nitriles is 1. The number of halogens is 2. The summed E-state index contributed by atoms with van der Waals surface area (Å²) in [4.78, 5) is 10.0. The molecule has 3 rings (SSSR count). The molecular formula is C18H14Cl2N4S. The van der Waals surface area contributed by atoms with E-state index in [4.69, 9.17) is 28.2 Å². The number of rotatable bonds is 4. The molecule has 1 N–H and O–H groups in total. The first-order chi connectivity index (χ1) is 12.0. The minimum atomic E-state index is 0.289. The number of nitrogens with zero attached hydrogens (tertiary/aromatic N) is 3. The summed E-state index contributed by atoms with van der Waals surface area (Å²) in [5.74, 6) is 0.784. The van der Waals surface area contributed by atoms with Crippen molar-refractivity contribution in [1.29, 1.82) is 5.26 Å². The monoisotopic (exact) mass is 388 g/mol. The van der Waals surface area contributed by atoms with Crippen LogP contribution in [0, 0.1) is 11.3 Å². The Morgan fingerprint density at radius 1 is 1.20 bits per heavy atom. The van der Waals surface area contributed by atoms with Gasteiger partial charge in [-0.2, -0.15) is 5.26 Å². The smallest absolute Gasteiger partial charge is 0.189 e. The molecule has 2 heterocycles. The van der Waals surface area contributed by atoms with E-state index < -0.39 is 0 Å². The van der Waals surface area contributed by atoms with Crippen molar-refractivity contribution in [3.63, 3.8) is 0 Å². The second kappa shape index (κ2) is 7.40. The number of hydrogen-bond donors (Lipinski definition) is 1. The van der Waals surface area contributed by atoms with Crippen molar-refractivity contribution >= 4 is 45.5 Å². The number of anilines is 2. The van der Waals surface area contributed by atoms with Crippen LogP contribution in [0.3, 0.4) is 0 Å². The van der Waals surface area contributed by atoms with E-state index in [0.717, 1.165) is 16.1 Å². The van der Waals surface area contributed by atoms with Gasteiger partial charge in [0, 0.05) is 16.6 Å². The lowest BCUT2D eigenvalue weighted by molar-refractivity contribution is 0.888. The molecule has 0 unspecified atom stereocenters. The maximum atomic E-state index is 9.20. The first kappa shape index (κ1) is 17.7. The first-order valence-electron chi connectivity index (χ1n) is 7.58. The zero-order valence-electron chi connectivity index (χ0n) is 13.5. The van der Waals surface area contributed by atoms with E-state index in [2.05, 4.69) is 30.2 Å². The molecule has 0 fully saturated rings. The number of aromatic nitrogens is 2. The van der Waals surface area contributed by atoms with Crippen molar-refractivity contribution in [2.75, 3.05) is 5.32 Å². The van der Waals surface area contributed by atoms with E-state index in [1.807, 2.05) is 12.1 Å². The summed E-state index contributed by atoms with van der Waals surface area (Å²) in [5.41, 5.74) is 2.24. The van der Waals surface area contributed by atoms with Crippen molar-refractivity contribution in [2.24, 2.45) is 0 Å². The Kier molecular flexibility index (Phi) is 5.24. The van der Waals surface area contributed by atoms with Crippen molar-refractivity contribution in [3.05, 3.63) is 57.0 Å². The quantitative estimate of drug-likeness (QED) is 0.573. The van der Waals surface area contributed by atoms with Crippen LogP contribution in [0.5, 0.6) is 0 Å². The summed E-state index contributed by atoms with van der Waals surface area (Å²) in [6.45, 7) is 4.22. The standard InChI is InChI=1S/C18H14Cl2N4S/c1-10(2)16-15(11-5-6-13(19)14(20)8-11)23-18(25-16)24-17-12(9-21)4-3-7-22-17/h3-8,10H,1-2H3,(H,22,23,24). The summed E-state index contributed by atoms with van der Waals surface area (Å²) < 4.78 is 0. The van der Waals surface area contributed by atoms with Crippen LogP contribution in [0.2, 0.25) is 10.0 Å². The van der Waals surface area contributed by atoms with Gasteiger partial charge in [0.1, 0.15) is 11.9 Å². The highest BCUT2D eigenvalue weighted by Gasteiger charge is 2.17. The Bertz CT molecular complexity index is 960. The van der Waals surface area contributed by atoms with Crippen molar-refractivity contribution in [2.45, 2.75) is 19.8 Å². The van der Waals surface area contributed by atoms with Crippen LogP contribution in [0.25, 0.3) is 11.3 Å². The highest BCUT2D eigenvalue weighted by molar-refractivity contribution is 7.16. The van der Waals surface area contributed by atoms with Crippen LogP contribution in [0.1, 0.15) is 30.2 Å². The average molecular weight is 389 g/mol. The zero-order valence-corrected chi connectivity index (χ0v) is 15.9. The molecule has 0 aliphatic rings. The molecule has 4 nitrogen and oxygen atoms in total. The number of benzene rings is 1. The molecule has 0 atom stereocenters. The molecule has 126 valence electrons. The molecule has 0 radical (unpaired) electrons. The van der Waals surface area contributed by atoms with Crippen LogP contribution in [0.4, 0.5) is 10.9 Å². The van der Waals surface area contributed by atoms with Gasteiger partial charge in [0.05, 0.1) is 21.3 Å². The van der Waals surface area contributed by atoms with Gasteiger partial charge in [0.15, 0.2) is 5.13 Å². The van der Waals surface area contributed by atoms with E-state index in [-0.39, 0.29) is 5.92 Å². The molecule has 25 heavy (non-hydrogen) atoms. The van der Waals surface area contributed by atoms with E-state index in [0.29, 0.717) is 26.6 Å². The number of nitrogens with one attached hydrogen (secondary N) is 1. The van der Waals surface area contributed by atoms with Gasteiger partial charge >= 0.3 is 0 Å². The van der Waals surface area contributed by atoms with Crippen LogP contribution >= 0.6 is 34.5 Å². The molecule has 7 heteroatoms. The number of thiazole rings is 1. The van der Waals surface area contributed by atoms with E-state index in [1.165, 1.54) is 11.3 Å². The van der Waals surface area contributed by atoms with Crippen molar-refractivity contribution < 1.29 is 0 Å². The second-order valence-corrected chi connectivity index (χ2v) is 7.50. The first-order valence-corrected chi connectivity index (χ1v) is 9.15. The van der Waals surface area contributed by atoms with Crippen LogP contribution in [-0.2, 0) is 0 Å². The fourth-order valence-corrected chi connectivity index (χ4v) is 3.61. The van der Waals surface area contributed by atoms with Gasteiger partial charge in [-0.1, -0.05) is 43.1 Å². The molecule has 0 saturated heterocycles. The molecule has 0 aliphatic heterocycles. The molecule has 0 amide bonds. The maximum absolute atomic E-state index is 9.20. The van der Waals surface area contributed by atoms with Gasteiger partial charge < -0.3 is 5.32 Å². The fraction of sp³-hybridized carbons (Fsp3) is 0.167. The number of pyridine rings is 1. The normalized spacial score (nSPS) is 10.7. The van der Waals surface area contributed by atoms with Crippen LogP contribution in [0.15, 0.2) is 36.5 Å². The third kappa shape index (κ3) is 3.77. The van der Waals surface area contributed by atoms with Crippen LogP contribution < -0.4 is 5.32 Å². The minimum absolute atomic E-state index is 0.289. The third-order valence-corrected chi connectivity index (χ3v) is 5.53. The third-order valence-electron chi connectivity index (χ3n) is 3.52. The zero-order chi connectivity index (χ0) is 18.0. The summed E-state index contributed by atoms with van der Waals surface area (Å²) in [6.07, 6.45) is 1.64. The summed E-state index contributed by atoms with van der Waals surface area (Å²) in [7, 11) is 0. The topological polar surface area (TPSA) is 61.6 Å². The molecule has 3 aromatic rings. The molecular weight excluding hydrogens is 375 g/mol. The van der Waals surface area contributed by atoms with Gasteiger partial charge in [-0.05, 0) is 30.2 Å². The lowest BCUT2D eigenvalue weighted by atomic mass is 10.1. The summed E-state index contributed by atoms with van der Waals surface area (Å²) in [6, 6.07) is 11.1. The highest BCUT2D eigenvalue weighted by atomic mass is 35.5. The SMILES string of the molecule is CC(C)c1sc(Nc2ncccc2C#N)nc1-c1ccc(Cl)c(Cl)c1. The second-order valence-electron chi connectivity index (χ2n) is 5.65. The van der Waals surface area contributed by atoms with E-state index in [9.17, 15) is 5.26 Å². The van der Waals surface area contributed by atoms with Crippen molar-refractivity contribution in [3.8, 4) is 17.3 Å². The van der Waals surface area contributed by atoms with E-state index >= 15 is 0 Å². The maximum Gasteiger partial charge on any atom is 0.189 e. The predicted molar refractivity (Wildman–Crippen MR) is 104 cm³/mol. The molecule has 0 saturated carbocycles. The lowest BCUT2D eigenvalue weighted by Crippen LogP contribution is -1.95. The molecule has 0 bridgehead atoms. The Labute approximate surface area is 160 Å². The Balaban J connectivity index is 2.03. The van der Waals surface area contributed by atoms with Gasteiger partial charge in [0.2, 0.25) is 0 Å². The van der Waals surface area contributed by atoms with Crippen LogP contribution in [-0.4, -0.2) is 9.97 Å². The van der Waals surface area contributed by atoms with Crippen molar-refractivity contribution in [1.82, 2.24) is 9.97 Å². The molecule has 0 aliphatic carbocycles. The summed E-state index contributed by atoms with van der Waals surface area (Å²) >= 11 is 13.7. The highest BCUT2D eigenvalue weighted by Crippen LogP contribution is 2.38. The lowest BCUT2D eigenvalue weighted by Gasteiger charge is -2.06. The van der Waals surface area contributed by atoms with Gasteiger partial charge in [0.25, 0.3) is 0 Å². The summed E-state index contributed by atoms with van der Waals surface area (Å²) in [5, 5.41) is 14.0. The van der Waals surface area contributed by atoms with Gasteiger partial charge in [-0.15, -0.1) is 11.3 Å². The fourth-order valence-electron chi connectivity index (χ4n) is 2.32. The molecule has 2 aromatic heterocycles. The Morgan fingerprint density at radius 2 is 2.00 bits per heavy atom. The van der Waals surface area contributed by atoms with Gasteiger partial charge in [-0.25, -0.2) is 9.97 Å². The Hall–Kier alpha value is -2.13. The minimum Gasteiger partial charge on any atom is -0.315 e.